The van der Waals surface area contributed by atoms with Gasteiger partial charge in [-0.1, -0.05) is 6.07 Å². The molecule has 1 atom stereocenters. The van der Waals surface area contributed by atoms with Gasteiger partial charge in [-0.3, -0.25) is 5.10 Å². The molecular weight excluding hydrogens is 321 g/mol. The van der Waals surface area contributed by atoms with Gasteiger partial charge in [-0.05, 0) is 47.9 Å². The van der Waals surface area contributed by atoms with Crippen LogP contribution in [0.5, 0.6) is 5.75 Å². The zero-order valence-corrected chi connectivity index (χ0v) is 13.2. The highest BCUT2D eigenvalue weighted by molar-refractivity contribution is 5.80. The van der Waals surface area contributed by atoms with Crippen molar-refractivity contribution in [3.05, 3.63) is 66.1 Å². The second kappa shape index (κ2) is 5.44. The first-order chi connectivity index (χ1) is 12.3. The fourth-order valence-electron chi connectivity index (χ4n) is 3.23. The Labute approximate surface area is 142 Å². The molecule has 0 amide bonds. The first-order valence-electron chi connectivity index (χ1n) is 8.07. The van der Waals surface area contributed by atoms with Crippen molar-refractivity contribution in [1.82, 2.24) is 15.2 Å². The highest BCUT2D eigenvalue weighted by Crippen LogP contribution is 2.34. The molecule has 4 aromatic rings. The first-order valence-corrected chi connectivity index (χ1v) is 8.07. The molecule has 5 nitrogen and oxygen atoms in total. The molecule has 124 valence electrons. The summed E-state index contributed by atoms with van der Waals surface area (Å²) in [7, 11) is 0. The van der Waals surface area contributed by atoms with Crippen LogP contribution in [-0.4, -0.2) is 21.8 Å². The number of benzene rings is 2. The molecule has 0 aliphatic carbocycles. The van der Waals surface area contributed by atoms with Gasteiger partial charge in [0, 0.05) is 11.8 Å². The molecule has 1 aliphatic heterocycles. The van der Waals surface area contributed by atoms with Crippen LogP contribution >= 0.6 is 0 Å². The molecule has 1 N–H and O–H groups in total. The molecule has 3 heterocycles. The quantitative estimate of drug-likeness (QED) is 0.599. The van der Waals surface area contributed by atoms with Crippen LogP contribution in [0.4, 0.5) is 4.39 Å². The fraction of sp³-hybridized carbons (Fsp3) is 0.158. The van der Waals surface area contributed by atoms with Crippen molar-refractivity contribution in [3.8, 4) is 16.9 Å². The van der Waals surface area contributed by atoms with Crippen molar-refractivity contribution in [2.45, 2.75) is 12.3 Å². The number of nitrogens with one attached hydrogen (secondary N) is 1. The minimum atomic E-state index is -0.259. The van der Waals surface area contributed by atoms with E-state index < -0.39 is 0 Å². The summed E-state index contributed by atoms with van der Waals surface area (Å²) in [6.45, 7) is 0.472. The summed E-state index contributed by atoms with van der Waals surface area (Å²) < 4.78 is 25.2. The Morgan fingerprint density at radius 3 is 2.96 bits per heavy atom. The standard InChI is InChI=1S/C19H14FN3O2/c20-15-2-4-17-12(6-15)5-13(10-24-17)19-23-16-3-1-11(7-18(16)25-19)14-8-21-22-9-14/h1-4,6-9,13H,5,10H2,(H,21,22). The summed E-state index contributed by atoms with van der Waals surface area (Å²) in [4.78, 5) is 4.59. The van der Waals surface area contributed by atoms with Crippen LogP contribution in [0.1, 0.15) is 17.4 Å². The smallest absolute Gasteiger partial charge is 0.202 e. The van der Waals surface area contributed by atoms with Gasteiger partial charge in [0.15, 0.2) is 5.58 Å². The molecule has 2 aromatic carbocycles. The normalized spacial score (nSPS) is 16.6. The van der Waals surface area contributed by atoms with Crippen LogP contribution in [0.25, 0.3) is 22.2 Å². The lowest BCUT2D eigenvalue weighted by atomic mass is 9.96. The summed E-state index contributed by atoms with van der Waals surface area (Å²) >= 11 is 0. The number of aromatic amines is 1. The average molecular weight is 335 g/mol. The van der Waals surface area contributed by atoms with Crippen molar-refractivity contribution in [3.63, 3.8) is 0 Å². The number of H-pyrrole nitrogens is 1. The van der Waals surface area contributed by atoms with Crippen molar-refractivity contribution in [1.29, 1.82) is 0 Å². The number of nitrogens with zero attached hydrogens (tertiary/aromatic N) is 2. The molecule has 0 saturated carbocycles. The third-order valence-electron chi connectivity index (χ3n) is 4.51. The number of hydrogen-bond donors (Lipinski definition) is 1. The van der Waals surface area contributed by atoms with Crippen molar-refractivity contribution in [2.24, 2.45) is 0 Å². The third kappa shape index (κ3) is 2.46. The summed E-state index contributed by atoms with van der Waals surface area (Å²) in [5.41, 5.74) is 4.37. The van der Waals surface area contributed by atoms with E-state index in [1.54, 1.807) is 12.3 Å². The van der Waals surface area contributed by atoms with E-state index in [1.807, 2.05) is 24.4 Å². The Morgan fingerprint density at radius 1 is 1.12 bits per heavy atom. The minimum absolute atomic E-state index is 0.0286. The number of hydrogen-bond acceptors (Lipinski definition) is 4. The topological polar surface area (TPSA) is 63.9 Å². The fourth-order valence-corrected chi connectivity index (χ4v) is 3.23. The van der Waals surface area contributed by atoms with Gasteiger partial charge in [-0.15, -0.1) is 0 Å². The Hall–Kier alpha value is -3.15. The van der Waals surface area contributed by atoms with E-state index in [4.69, 9.17) is 9.15 Å². The summed E-state index contributed by atoms with van der Waals surface area (Å²) in [5.74, 6) is 1.06. The Balaban J connectivity index is 1.49. The van der Waals surface area contributed by atoms with E-state index in [2.05, 4.69) is 15.2 Å². The molecule has 25 heavy (non-hydrogen) atoms. The Bertz CT molecular complexity index is 1060. The van der Waals surface area contributed by atoms with Gasteiger partial charge in [0.05, 0.1) is 12.1 Å². The van der Waals surface area contributed by atoms with Crippen LogP contribution in [0.2, 0.25) is 0 Å². The highest BCUT2D eigenvalue weighted by atomic mass is 19.1. The molecule has 1 aliphatic rings. The lowest BCUT2D eigenvalue weighted by Crippen LogP contribution is -2.19. The van der Waals surface area contributed by atoms with E-state index >= 15 is 0 Å². The predicted octanol–water partition coefficient (Wildman–Crippen LogP) is 4.08. The van der Waals surface area contributed by atoms with Gasteiger partial charge in [-0.25, -0.2) is 9.37 Å². The Kier molecular flexibility index (Phi) is 3.09. The third-order valence-corrected chi connectivity index (χ3v) is 4.51. The van der Waals surface area contributed by atoms with E-state index in [0.29, 0.717) is 18.9 Å². The van der Waals surface area contributed by atoms with Crippen LogP contribution < -0.4 is 4.74 Å². The zero-order chi connectivity index (χ0) is 16.8. The molecule has 2 aromatic heterocycles. The summed E-state index contributed by atoms with van der Waals surface area (Å²) in [6, 6.07) is 10.5. The molecule has 0 radical (unpaired) electrons. The van der Waals surface area contributed by atoms with Gasteiger partial charge in [0.2, 0.25) is 5.89 Å². The van der Waals surface area contributed by atoms with Crippen molar-refractivity contribution >= 4 is 11.1 Å². The summed E-state index contributed by atoms with van der Waals surface area (Å²) in [5, 5.41) is 6.77. The number of halogens is 1. The minimum Gasteiger partial charge on any atom is -0.492 e. The molecule has 0 bridgehead atoms. The van der Waals surface area contributed by atoms with Gasteiger partial charge < -0.3 is 9.15 Å². The van der Waals surface area contributed by atoms with E-state index in [0.717, 1.165) is 33.5 Å². The van der Waals surface area contributed by atoms with Gasteiger partial charge in [0.25, 0.3) is 0 Å². The molecule has 0 spiro atoms. The van der Waals surface area contributed by atoms with Crippen molar-refractivity contribution in [2.75, 3.05) is 6.61 Å². The second-order valence-electron chi connectivity index (χ2n) is 6.19. The van der Waals surface area contributed by atoms with Gasteiger partial charge in [-0.2, -0.15) is 5.10 Å². The van der Waals surface area contributed by atoms with Crippen LogP contribution in [-0.2, 0) is 6.42 Å². The van der Waals surface area contributed by atoms with E-state index in [-0.39, 0.29) is 11.7 Å². The number of rotatable bonds is 2. The SMILES string of the molecule is Fc1ccc2c(c1)CC(c1nc3ccc(-c4cn[nH]c4)cc3o1)CO2. The maximum Gasteiger partial charge on any atom is 0.202 e. The maximum absolute atomic E-state index is 13.5. The maximum atomic E-state index is 13.5. The number of ether oxygens (including phenoxy) is 1. The second-order valence-corrected chi connectivity index (χ2v) is 6.19. The molecule has 0 saturated heterocycles. The van der Waals surface area contributed by atoms with Gasteiger partial charge in [0.1, 0.15) is 23.7 Å². The number of oxazole rings is 1. The summed E-state index contributed by atoms with van der Waals surface area (Å²) in [6.07, 6.45) is 4.24. The van der Waals surface area contributed by atoms with E-state index in [1.165, 1.54) is 12.1 Å². The van der Waals surface area contributed by atoms with Crippen molar-refractivity contribution < 1.29 is 13.5 Å². The predicted molar refractivity (Wildman–Crippen MR) is 89.9 cm³/mol. The molecular formula is C19H14FN3O2. The van der Waals surface area contributed by atoms with Crippen LogP contribution in [0, 0.1) is 5.82 Å². The lowest BCUT2D eigenvalue weighted by molar-refractivity contribution is 0.243. The number of aromatic nitrogens is 3. The van der Waals surface area contributed by atoms with E-state index in [9.17, 15) is 4.39 Å². The van der Waals surface area contributed by atoms with Gasteiger partial charge >= 0.3 is 0 Å². The molecule has 0 fully saturated rings. The monoisotopic (exact) mass is 335 g/mol. The lowest BCUT2D eigenvalue weighted by Gasteiger charge is -2.23. The Morgan fingerprint density at radius 2 is 2.08 bits per heavy atom. The first kappa shape index (κ1) is 14.2. The highest BCUT2D eigenvalue weighted by Gasteiger charge is 2.26. The largest absolute Gasteiger partial charge is 0.492 e. The average Bonchev–Trinajstić information content (AvgIpc) is 3.30. The zero-order valence-electron chi connectivity index (χ0n) is 13.2. The number of fused-ring (bicyclic) bond motifs is 2. The molecule has 5 rings (SSSR count). The molecule has 6 heteroatoms. The van der Waals surface area contributed by atoms with Crippen LogP contribution in [0.15, 0.2) is 53.2 Å². The van der Waals surface area contributed by atoms with Crippen LogP contribution in [0.3, 0.4) is 0 Å². The molecule has 1 unspecified atom stereocenters.